The van der Waals surface area contributed by atoms with Crippen molar-refractivity contribution < 1.29 is 28.2 Å². The molecule has 0 aromatic heterocycles. The number of hydrogen-bond donors (Lipinski definition) is 2. The molecule has 3 rings (SSSR count). The summed E-state index contributed by atoms with van der Waals surface area (Å²) in [5.74, 6) is -1.80. The van der Waals surface area contributed by atoms with Crippen molar-refractivity contribution in [1.82, 2.24) is 0 Å². The predicted molar refractivity (Wildman–Crippen MR) is 82.5 cm³/mol. The molecule has 3 aliphatic rings. The quantitative estimate of drug-likeness (QED) is 0.787. The van der Waals surface area contributed by atoms with Crippen molar-refractivity contribution in [3.63, 3.8) is 0 Å². The van der Waals surface area contributed by atoms with Crippen molar-refractivity contribution in [2.75, 3.05) is 0 Å². The number of aliphatic hydroxyl groups excluding tert-OH is 2. The summed E-state index contributed by atoms with van der Waals surface area (Å²) in [6.07, 6.45) is 1.29. The fourth-order valence-corrected chi connectivity index (χ4v) is 3.29. The highest BCUT2D eigenvalue weighted by atomic mass is 35.5. The molecule has 24 heavy (non-hydrogen) atoms. The van der Waals surface area contributed by atoms with E-state index in [9.17, 15) is 23.4 Å². The lowest BCUT2D eigenvalue weighted by Crippen LogP contribution is -2.39. The second-order valence-electron chi connectivity index (χ2n) is 5.91. The fraction of sp³-hybridized carbons (Fsp3) is 0.438. The number of aliphatic hydroxyl groups is 2. The van der Waals surface area contributed by atoms with Crippen molar-refractivity contribution in [1.29, 1.82) is 0 Å². The van der Waals surface area contributed by atoms with Crippen molar-refractivity contribution >= 4 is 17.3 Å². The Kier molecular flexibility index (Phi) is 4.48. The predicted octanol–water partition coefficient (Wildman–Crippen LogP) is 3.75. The van der Waals surface area contributed by atoms with E-state index in [0.717, 1.165) is 0 Å². The molecule has 8 heteroatoms. The summed E-state index contributed by atoms with van der Waals surface area (Å²) >= 11 is 5.84. The number of rotatable bonds is 2. The van der Waals surface area contributed by atoms with Gasteiger partial charge in [-0.3, -0.25) is 0 Å². The van der Waals surface area contributed by atoms with E-state index < -0.39 is 35.9 Å². The lowest BCUT2D eigenvalue weighted by molar-refractivity contribution is -0.0631. The Hall–Kier alpha value is -1.73. The Bertz CT molecular complexity index is 679. The van der Waals surface area contributed by atoms with Gasteiger partial charge in [0.2, 0.25) is 0 Å². The van der Waals surface area contributed by atoms with Crippen LogP contribution in [0.5, 0.6) is 0 Å². The van der Waals surface area contributed by atoms with Crippen LogP contribution < -0.4 is 0 Å². The van der Waals surface area contributed by atoms with Crippen LogP contribution >= 0.6 is 11.6 Å². The molecule has 0 aromatic rings. The lowest BCUT2D eigenvalue weighted by atomic mass is 9.77. The van der Waals surface area contributed by atoms with Crippen LogP contribution in [0.4, 0.5) is 13.2 Å². The van der Waals surface area contributed by atoms with Crippen LogP contribution in [0, 0.1) is 11.8 Å². The Morgan fingerprint density at radius 2 is 2.00 bits per heavy atom. The zero-order valence-electron chi connectivity index (χ0n) is 12.4. The molecule has 130 valence electrons. The van der Waals surface area contributed by atoms with Crippen LogP contribution in [0.25, 0.3) is 0 Å². The van der Waals surface area contributed by atoms with Gasteiger partial charge in [0.1, 0.15) is 5.76 Å². The van der Waals surface area contributed by atoms with Crippen LogP contribution in [0.3, 0.4) is 0 Å². The summed E-state index contributed by atoms with van der Waals surface area (Å²) in [7, 11) is 0. The molecule has 0 amide bonds. The van der Waals surface area contributed by atoms with Gasteiger partial charge in [0.05, 0.1) is 12.0 Å². The minimum atomic E-state index is -4.63. The molecule has 0 saturated carbocycles. The highest BCUT2D eigenvalue weighted by Gasteiger charge is 2.52. The van der Waals surface area contributed by atoms with E-state index in [-0.39, 0.29) is 17.8 Å². The van der Waals surface area contributed by atoms with Gasteiger partial charge in [0, 0.05) is 17.0 Å². The molecule has 0 bridgehead atoms. The van der Waals surface area contributed by atoms with Crippen LogP contribution in [0.15, 0.2) is 51.9 Å². The zero-order chi connectivity index (χ0) is 17.5. The molecule has 1 aliphatic heterocycles. The third-order valence-electron chi connectivity index (χ3n) is 4.29. The summed E-state index contributed by atoms with van der Waals surface area (Å²) in [4.78, 5) is 5.06. The van der Waals surface area contributed by atoms with E-state index in [2.05, 4.69) is 5.16 Å². The normalized spacial score (nSPS) is 33.4. The third-order valence-corrected chi connectivity index (χ3v) is 4.57. The van der Waals surface area contributed by atoms with Gasteiger partial charge < -0.3 is 15.1 Å². The Morgan fingerprint density at radius 1 is 1.25 bits per heavy atom. The van der Waals surface area contributed by atoms with E-state index in [0.29, 0.717) is 11.5 Å². The standard InChI is InChI=1S/C16H15ClF3NO3/c17-9-3-1-8(2-4-9)13-14(24-21-15(13)16(18,19)20)11-6-5-10(22)7-12(11)23/h1,3-6,8,10,13-14,22-23H,2,7H2. The third kappa shape index (κ3) is 3.23. The molecule has 0 saturated heterocycles. The molecule has 2 N–H and O–H groups in total. The first-order valence-corrected chi connectivity index (χ1v) is 7.78. The minimum absolute atomic E-state index is 0.0635. The monoisotopic (exact) mass is 361 g/mol. The maximum absolute atomic E-state index is 13.3. The summed E-state index contributed by atoms with van der Waals surface area (Å²) in [6, 6.07) is 0. The van der Waals surface area contributed by atoms with Crippen LogP contribution in [-0.4, -0.2) is 34.3 Å². The molecule has 4 atom stereocenters. The van der Waals surface area contributed by atoms with Gasteiger partial charge in [0.25, 0.3) is 0 Å². The number of halogens is 4. The van der Waals surface area contributed by atoms with Gasteiger partial charge >= 0.3 is 6.18 Å². The summed E-state index contributed by atoms with van der Waals surface area (Å²) < 4.78 is 40.0. The Labute approximate surface area is 141 Å². The van der Waals surface area contributed by atoms with E-state index in [1.807, 2.05) is 0 Å². The van der Waals surface area contributed by atoms with Gasteiger partial charge in [-0.2, -0.15) is 13.2 Å². The number of oxime groups is 1. The summed E-state index contributed by atoms with van der Waals surface area (Å²) in [5, 5.41) is 23.3. The average Bonchev–Trinajstić information content (AvgIpc) is 2.93. The van der Waals surface area contributed by atoms with E-state index >= 15 is 0 Å². The molecular formula is C16H15ClF3NO3. The first-order valence-electron chi connectivity index (χ1n) is 7.40. The Balaban J connectivity index is 1.94. The first-order chi connectivity index (χ1) is 11.3. The van der Waals surface area contributed by atoms with Crippen molar-refractivity contribution in [2.24, 2.45) is 17.0 Å². The van der Waals surface area contributed by atoms with Crippen molar-refractivity contribution in [3.8, 4) is 0 Å². The fourth-order valence-electron chi connectivity index (χ4n) is 3.13. The average molecular weight is 362 g/mol. The molecule has 4 nitrogen and oxygen atoms in total. The van der Waals surface area contributed by atoms with Gasteiger partial charge in [0.15, 0.2) is 11.8 Å². The second kappa shape index (κ2) is 6.29. The van der Waals surface area contributed by atoms with Crippen LogP contribution in [0.1, 0.15) is 12.8 Å². The molecular weight excluding hydrogens is 347 g/mol. The van der Waals surface area contributed by atoms with Gasteiger partial charge in [-0.15, -0.1) is 0 Å². The Morgan fingerprint density at radius 3 is 2.58 bits per heavy atom. The van der Waals surface area contributed by atoms with Crippen LogP contribution in [0.2, 0.25) is 0 Å². The van der Waals surface area contributed by atoms with E-state index in [1.54, 1.807) is 18.2 Å². The summed E-state index contributed by atoms with van der Waals surface area (Å²) in [6.45, 7) is 0. The minimum Gasteiger partial charge on any atom is -0.512 e. The van der Waals surface area contributed by atoms with Crippen molar-refractivity contribution in [2.45, 2.75) is 31.2 Å². The molecule has 0 fully saturated rings. The maximum atomic E-state index is 13.3. The zero-order valence-corrected chi connectivity index (χ0v) is 13.1. The number of nitrogens with zero attached hydrogens (tertiary/aromatic N) is 1. The smallest absolute Gasteiger partial charge is 0.433 e. The molecule has 0 radical (unpaired) electrons. The second-order valence-corrected chi connectivity index (χ2v) is 6.34. The largest absolute Gasteiger partial charge is 0.512 e. The SMILES string of the molecule is OC1=C(C2ON=C(C(F)(F)F)C2C2C=CC(Cl)=CC2)C=CC(O)C1. The van der Waals surface area contributed by atoms with E-state index in [1.165, 1.54) is 12.2 Å². The maximum Gasteiger partial charge on any atom is 0.433 e. The molecule has 0 aromatic carbocycles. The molecule has 2 aliphatic carbocycles. The number of hydrogen-bond acceptors (Lipinski definition) is 4. The number of allylic oxidation sites excluding steroid dienone is 4. The first kappa shape index (κ1) is 17.1. The van der Waals surface area contributed by atoms with Gasteiger partial charge in [-0.1, -0.05) is 41.1 Å². The molecule has 4 unspecified atom stereocenters. The lowest BCUT2D eigenvalue weighted by Gasteiger charge is -2.29. The topological polar surface area (TPSA) is 62.0 Å². The van der Waals surface area contributed by atoms with Gasteiger partial charge in [-0.05, 0) is 18.4 Å². The summed E-state index contributed by atoms with van der Waals surface area (Å²) in [5.41, 5.74) is -0.796. The van der Waals surface area contributed by atoms with Crippen molar-refractivity contribution in [3.05, 3.63) is 46.7 Å². The van der Waals surface area contributed by atoms with Crippen LogP contribution in [-0.2, 0) is 4.84 Å². The highest BCUT2D eigenvalue weighted by molar-refractivity contribution is 6.31. The van der Waals surface area contributed by atoms with Gasteiger partial charge in [-0.25, -0.2) is 0 Å². The molecule has 0 spiro atoms. The van der Waals surface area contributed by atoms with E-state index in [4.69, 9.17) is 16.4 Å². The molecule has 1 heterocycles. The highest BCUT2D eigenvalue weighted by Crippen LogP contribution is 2.42. The number of alkyl halides is 3.